The summed E-state index contributed by atoms with van der Waals surface area (Å²) in [4.78, 5) is 0. The van der Waals surface area contributed by atoms with Crippen molar-refractivity contribution in [3.8, 4) is 0 Å². The molecule has 1 N–H and O–H groups in total. The molecule has 3 aliphatic rings. The number of aromatic nitrogens is 3. The highest BCUT2D eigenvalue weighted by molar-refractivity contribution is 5.13. The van der Waals surface area contributed by atoms with Crippen molar-refractivity contribution in [1.82, 2.24) is 20.1 Å². The van der Waals surface area contributed by atoms with Crippen LogP contribution in [0.15, 0.2) is 0 Å². The quantitative estimate of drug-likeness (QED) is 0.899. The minimum Gasteiger partial charge on any atom is -0.377 e. The predicted octanol–water partition coefficient (Wildman–Crippen LogP) is 1.61. The van der Waals surface area contributed by atoms with Crippen molar-refractivity contribution in [1.29, 1.82) is 0 Å². The minimum absolute atomic E-state index is 0.336. The molecule has 4 rings (SSSR count). The van der Waals surface area contributed by atoms with Gasteiger partial charge in [-0.15, -0.1) is 10.2 Å². The van der Waals surface area contributed by atoms with Crippen molar-refractivity contribution in [3.63, 3.8) is 0 Å². The lowest BCUT2D eigenvalue weighted by atomic mass is 9.98. The molecule has 1 saturated carbocycles. The third-order valence-corrected chi connectivity index (χ3v) is 4.82. The maximum atomic E-state index is 5.82. The van der Waals surface area contributed by atoms with Gasteiger partial charge < -0.3 is 14.6 Å². The number of nitrogens with one attached hydrogen (secondary N) is 1. The van der Waals surface area contributed by atoms with Crippen LogP contribution >= 0.6 is 0 Å². The van der Waals surface area contributed by atoms with Crippen molar-refractivity contribution in [2.45, 2.75) is 57.2 Å². The van der Waals surface area contributed by atoms with Gasteiger partial charge in [0.1, 0.15) is 5.82 Å². The van der Waals surface area contributed by atoms with E-state index in [9.17, 15) is 0 Å². The van der Waals surface area contributed by atoms with Gasteiger partial charge in [0.15, 0.2) is 5.82 Å². The molecular weight excluding hydrogens is 240 g/mol. The number of fused-ring (bicyclic) bond motifs is 1. The normalized spacial score (nSPS) is 34.5. The monoisotopic (exact) mass is 262 g/mol. The highest BCUT2D eigenvalue weighted by Crippen LogP contribution is 2.42. The molecule has 104 valence electrons. The Morgan fingerprint density at radius 1 is 1.26 bits per heavy atom. The van der Waals surface area contributed by atoms with Crippen LogP contribution in [0.5, 0.6) is 0 Å². The maximum Gasteiger partial charge on any atom is 0.150 e. The summed E-state index contributed by atoms with van der Waals surface area (Å²) in [5.74, 6) is 3.58. The maximum absolute atomic E-state index is 5.82. The van der Waals surface area contributed by atoms with Crippen LogP contribution in [0.2, 0.25) is 0 Å². The summed E-state index contributed by atoms with van der Waals surface area (Å²) in [6, 6.07) is 0.442. The summed E-state index contributed by atoms with van der Waals surface area (Å²) < 4.78 is 8.20. The molecule has 3 heterocycles. The largest absolute Gasteiger partial charge is 0.377 e. The molecule has 19 heavy (non-hydrogen) atoms. The Kier molecular flexibility index (Phi) is 2.84. The summed E-state index contributed by atoms with van der Waals surface area (Å²) >= 11 is 0. The Morgan fingerprint density at radius 2 is 2.11 bits per heavy atom. The first-order valence-electron chi connectivity index (χ1n) is 7.66. The van der Waals surface area contributed by atoms with E-state index in [4.69, 9.17) is 4.74 Å². The molecule has 1 saturated heterocycles. The van der Waals surface area contributed by atoms with Gasteiger partial charge in [0.25, 0.3) is 0 Å². The molecule has 0 radical (unpaired) electrons. The van der Waals surface area contributed by atoms with E-state index in [1.807, 2.05) is 0 Å². The fourth-order valence-electron chi connectivity index (χ4n) is 3.64. The van der Waals surface area contributed by atoms with Crippen LogP contribution in [0.25, 0.3) is 0 Å². The van der Waals surface area contributed by atoms with E-state index in [1.54, 1.807) is 0 Å². The topological polar surface area (TPSA) is 52.0 Å². The van der Waals surface area contributed by atoms with Gasteiger partial charge in [0.05, 0.1) is 12.1 Å². The van der Waals surface area contributed by atoms with Gasteiger partial charge >= 0.3 is 0 Å². The van der Waals surface area contributed by atoms with Crippen LogP contribution in [-0.2, 0) is 11.3 Å². The zero-order valence-electron chi connectivity index (χ0n) is 11.5. The van der Waals surface area contributed by atoms with E-state index in [0.29, 0.717) is 18.1 Å². The first kappa shape index (κ1) is 11.9. The van der Waals surface area contributed by atoms with Crippen molar-refractivity contribution in [2.24, 2.45) is 5.92 Å². The first-order valence-corrected chi connectivity index (χ1v) is 7.66. The third kappa shape index (κ3) is 1.91. The van der Waals surface area contributed by atoms with Crippen LogP contribution in [0.1, 0.15) is 56.2 Å². The van der Waals surface area contributed by atoms with Gasteiger partial charge in [-0.25, -0.2) is 0 Å². The number of ether oxygens (including phenoxy) is 1. The summed E-state index contributed by atoms with van der Waals surface area (Å²) in [5.41, 5.74) is 0. The molecule has 2 aliphatic heterocycles. The minimum atomic E-state index is 0.336. The summed E-state index contributed by atoms with van der Waals surface area (Å²) in [6.07, 6.45) is 5.17. The smallest absolute Gasteiger partial charge is 0.150 e. The molecule has 1 aliphatic carbocycles. The SMILES string of the molecule is CCC1OCCC1c1nnc2n1CCNC2C1CC1. The van der Waals surface area contributed by atoms with E-state index < -0.39 is 0 Å². The average Bonchev–Trinajstić information content (AvgIpc) is 3.02. The predicted molar refractivity (Wildman–Crippen MR) is 70.9 cm³/mol. The van der Waals surface area contributed by atoms with E-state index in [2.05, 4.69) is 27.0 Å². The van der Waals surface area contributed by atoms with Crippen LogP contribution in [0.3, 0.4) is 0 Å². The van der Waals surface area contributed by atoms with Gasteiger partial charge in [0.2, 0.25) is 0 Å². The molecule has 1 aromatic heterocycles. The Labute approximate surface area is 113 Å². The number of nitrogens with zero attached hydrogens (tertiary/aromatic N) is 3. The van der Waals surface area contributed by atoms with Crippen molar-refractivity contribution >= 4 is 0 Å². The summed E-state index contributed by atoms with van der Waals surface area (Å²) in [7, 11) is 0. The molecule has 0 spiro atoms. The lowest BCUT2D eigenvalue weighted by molar-refractivity contribution is 0.0986. The fraction of sp³-hybridized carbons (Fsp3) is 0.857. The molecule has 0 bridgehead atoms. The lowest BCUT2D eigenvalue weighted by Gasteiger charge is -2.26. The Morgan fingerprint density at radius 3 is 2.89 bits per heavy atom. The van der Waals surface area contributed by atoms with Crippen LogP contribution in [0, 0.1) is 5.92 Å². The zero-order valence-corrected chi connectivity index (χ0v) is 11.5. The van der Waals surface area contributed by atoms with E-state index in [1.165, 1.54) is 24.5 Å². The number of hydrogen-bond donors (Lipinski definition) is 1. The van der Waals surface area contributed by atoms with E-state index in [0.717, 1.165) is 38.5 Å². The molecule has 5 nitrogen and oxygen atoms in total. The molecule has 5 heteroatoms. The molecule has 3 atom stereocenters. The van der Waals surface area contributed by atoms with Gasteiger partial charge in [-0.05, 0) is 31.6 Å². The molecule has 3 unspecified atom stereocenters. The van der Waals surface area contributed by atoms with Crippen molar-refractivity contribution in [2.75, 3.05) is 13.2 Å². The molecule has 2 fully saturated rings. The molecular formula is C14H22N4O. The zero-order chi connectivity index (χ0) is 12.8. The molecule has 0 amide bonds. The average molecular weight is 262 g/mol. The summed E-state index contributed by atoms with van der Waals surface area (Å²) in [5, 5.41) is 12.7. The van der Waals surface area contributed by atoms with Gasteiger partial charge in [-0.3, -0.25) is 0 Å². The second kappa shape index (κ2) is 4.56. The van der Waals surface area contributed by atoms with E-state index in [-0.39, 0.29) is 0 Å². The second-order valence-corrected chi connectivity index (χ2v) is 6.05. The van der Waals surface area contributed by atoms with Crippen LogP contribution < -0.4 is 5.32 Å². The standard InChI is InChI=1S/C14H22N4O/c1-2-11-10(5-8-19-11)13-16-17-14-12(9-3-4-9)15-6-7-18(13)14/h9-12,15H,2-8H2,1H3. The number of rotatable bonds is 3. The van der Waals surface area contributed by atoms with Crippen LogP contribution in [0.4, 0.5) is 0 Å². The van der Waals surface area contributed by atoms with Crippen molar-refractivity contribution < 1.29 is 4.74 Å². The summed E-state index contributed by atoms with van der Waals surface area (Å²) in [6.45, 7) is 5.12. The Balaban J connectivity index is 1.66. The molecule has 0 aromatic carbocycles. The fourth-order valence-corrected chi connectivity index (χ4v) is 3.64. The highest BCUT2D eigenvalue weighted by atomic mass is 16.5. The first-order chi connectivity index (χ1) is 9.38. The lowest BCUT2D eigenvalue weighted by Crippen LogP contribution is -2.36. The van der Waals surface area contributed by atoms with Gasteiger partial charge in [-0.1, -0.05) is 6.92 Å². The van der Waals surface area contributed by atoms with Gasteiger partial charge in [0, 0.05) is 25.6 Å². The van der Waals surface area contributed by atoms with Crippen molar-refractivity contribution in [3.05, 3.63) is 11.6 Å². The Hall–Kier alpha value is -0.940. The molecule has 1 aromatic rings. The number of hydrogen-bond acceptors (Lipinski definition) is 4. The highest BCUT2D eigenvalue weighted by Gasteiger charge is 2.40. The third-order valence-electron chi connectivity index (χ3n) is 4.82. The second-order valence-electron chi connectivity index (χ2n) is 6.05. The van der Waals surface area contributed by atoms with E-state index >= 15 is 0 Å². The van der Waals surface area contributed by atoms with Gasteiger partial charge in [-0.2, -0.15) is 0 Å². The van der Waals surface area contributed by atoms with Crippen LogP contribution in [-0.4, -0.2) is 34.0 Å². The Bertz CT molecular complexity index is 468.